The molecule has 15 heavy (non-hydrogen) atoms. The minimum Gasteiger partial charge on any atom is -0.389 e. The first kappa shape index (κ1) is 12.6. The van der Waals surface area contributed by atoms with Gasteiger partial charge in [-0.1, -0.05) is 13.8 Å². The Labute approximate surface area is 94.3 Å². The molecule has 0 saturated carbocycles. The smallest absolute Gasteiger partial charge is 0.119 e. The molecule has 0 fully saturated rings. The molecule has 1 heterocycles. The molecule has 0 aliphatic carbocycles. The van der Waals surface area contributed by atoms with Crippen LogP contribution in [0.25, 0.3) is 0 Å². The molecule has 0 radical (unpaired) electrons. The van der Waals surface area contributed by atoms with E-state index in [0.29, 0.717) is 12.6 Å². The molecular weight excluding hydrogens is 212 g/mol. The topological polar surface area (TPSA) is 54.4 Å². The number of hydrogen-bond donors (Lipinski definition) is 2. The first-order valence-electron chi connectivity index (χ1n) is 4.98. The lowest BCUT2D eigenvalue weighted by Crippen LogP contribution is -2.21. The Morgan fingerprint density at radius 2 is 2.27 bits per heavy atom. The van der Waals surface area contributed by atoms with Crippen LogP contribution < -0.4 is 5.32 Å². The van der Waals surface area contributed by atoms with Crippen LogP contribution in [0.1, 0.15) is 29.4 Å². The number of aliphatic hydroxyl groups is 1. The van der Waals surface area contributed by atoms with Crippen LogP contribution in [0, 0.1) is 0 Å². The molecule has 86 valence electrons. The molecular formula is C10H18N2O2S. The van der Waals surface area contributed by atoms with E-state index in [2.05, 4.69) is 24.1 Å². The summed E-state index contributed by atoms with van der Waals surface area (Å²) < 4.78 is 5.07. The molecule has 0 aliphatic rings. The van der Waals surface area contributed by atoms with E-state index in [1.165, 1.54) is 11.3 Å². The van der Waals surface area contributed by atoms with Crippen molar-refractivity contribution in [3.8, 4) is 0 Å². The predicted octanol–water partition coefficient (Wildman–Crippen LogP) is 1.28. The Morgan fingerprint density at radius 3 is 2.80 bits per heavy atom. The highest BCUT2D eigenvalue weighted by atomic mass is 32.1. The molecule has 1 aromatic rings. The fourth-order valence-electron chi connectivity index (χ4n) is 1.19. The number of aliphatic hydroxyl groups excluding tert-OH is 1. The molecule has 0 amide bonds. The van der Waals surface area contributed by atoms with Crippen molar-refractivity contribution in [2.75, 3.05) is 7.11 Å². The number of methoxy groups -OCH3 is 1. The number of ether oxygens (including phenoxy) is 1. The predicted molar refractivity (Wildman–Crippen MR) is 60.7 cm³/mol. The van der Waals surface area contributed by atoms with Crippen molar-refractivity contribution in [2.24, 2.45) is 0 Å². The van der Waals surface area contributed by atoms with Crippen LogP contribution in [0.15, 0.2) is 0 Å². The quantitative estimate of drug-likeness (QED) is 0.773. The highest BCUT2D eigenvalue weighted by Gasteiger charge is 2.10. The van der Waals surface area contributed by atoms with E-state index < -0.39 is 0 Å². The van der Waals surface area contributed by atoms with E-state index >= 15 is 0 Å². The zero-order valence-corrected chi connectivity index (χ0v) is 10.2. The van der Waals surface area contributed by atoms with Crippen molar-refractivity contribution in [3.63, 3.8) is 0 Å². The van der Waals surface area contributed by atoms with Gasteiger partial charge in [0.25, 0.3) is 0 Å². The average Bonchev–Trinajstić information content (AvgIpc) is 2.58. The maximum Gasteiger partial charge on any atom is 0.119 e. The normalized spacial score (nSPS) is 11.3. The summed E-state index contributed by atoms with van der Waals surface area (Å²) in [5.74, 6) is 0. The van der Waals surface area contributed by atoms with Gasteiger partial charge in [0.2, 0.25) is 0 Å². The summed E-state index contributed by atoms with van der Waals surface area (Å²) in [5.41, 5.74) is 0.930. The Morgan fingerprint density at radius 1 is 1.53 bits per heavy atom. The maximum absolute atomic E-state index is 9.01. The lowest BCUT2D eigenvalue weighted by molar-refractivity contribution is 0.180. The van der Waals surface area contributed by atoms with Gasteiger partial charge in [0.15, 0.2) is 0 Å². The summed E-state index contributed by atoms with van der Waals surface area (Å²) in [5, 5.41) is 13.1. The first-order valence-corrected chi connectivity index (χ1v) is 5.79. The standard InChI is InChI=1S/C10H18N2O2S/c1-7(2)11-4-9-8(6-14-3)12-10(5-13)15-9/h7,11,13H,4-6H2,1-3H3. The third-order valence-corrected chi connectivity index (χ3v) is 2.99. The van der Waals surface area contributed by atoms with Gasteiger partial charge in [-0.3, -0.25) is 0 Å². The van der Waals surface area contributed by atoms with Gasteiger partial charge in [-0.25, -0.2) is 4.98 Å². The van der Waals surface area contributed by atoms with Gasteiger partial charge in [-0.05, 0) is 0 Å². The Kier molecular flexibility index (Phi) is 5.17. The highest BCUT2D eigenvalue weighted by Crippen LogP contribution is 2.19. The van der Waals surface area contributed by atoms with Gasteiger partial charge in [0.1, 0.15) is 5.01 Å². The molecule has 5 heteroatoms. The van der Waals surface area contributed by atoms with Gasteiger partial charge in [0.05, 0.1) is 18.9 Å². The van der Waals surface area contributed by atoms with Crippen LogP contribution in [-0.4, -0.2) is 23.2 Å². The van der Waals surface area contributed by atoms with E-state index in [-0.39, 0.29) is 6.61 Å². The summed E-state index contributed by atoms with van der Waals surface area (Å²) in [6.07, 6.45) is 0. The maximum atomic E-state index is 9.01. The van der Waals surface area contributed by atoms with Crippen LogP contribution in [0.5, 0.6) is 0 Å². The average molecular weight is 230 g/mol. The second-order valence-corrected chi connectivity index (χ2v) is 4.77. The monoisotopic (exact) mass is 230 g/mol. The molecule has 4 nitrogen and oxygen atoms in total. The largest absolute Gasteiger partial charge is 0.389 e. The Bertz CT molecular complexity index is 300. The third-order valence-electron chi connectivity index (χ3n) is 1.91. The zero-order chi connectivity index (χ0) is 11.3. The molecule has 0 aromatic carbocycles. The van der Waals surface area contributed by atoms with Gasteiger partial charge < -0.3 is 15.2 Å². The van der Waals surface area contributed by atoms with E-state index in [0.717, 1.165) is 22.1 Å². The molecule has 0 unspecified atom stereocenters. The van der Waals surface area contributed by atoms with Crippen molar-refractivity contribution >= 4 is 11.3 Å². The number of hydrogen-bond acceptors (Lipinski definition) is 5. The second-order valence-electron chi connectivity index (χ2n) is 3.60. The highest BCUT2D eigenvalue weighted by molar-refractivity contribution is 7.11. The third kappa shape index (κ3) is 3.87. The van der Waals surface area contributed by atoms with Crippen LogP contribution >= 0.6 is 11.3 Å². The van der Waals surface area contributed by atoms with Gasteiger partial charge >= 0.3 is 0 Å². The van der Waals surface area contributed by atoms with Crippen molar-refractivity contribution in [1.29, 1.82) is 0 Å². The lowest BCUT2D eigenvalue weighted by Gasteiger charge is -2.07. The van der Waals surface area contributed by atoms with E-state index in [9.17, 15) is 0 Å². The van der Waals surface area contributed by atoms with Crippen molar-refractivity contribution < 1.29 is 9.84 Å². The molecule has 0 spiro atoms. The SMILES string of the molecule is COCc1nc(CO)sc1CNC(C)C. The Balaban J connectivity index is 2.69. The van der Waals surface area contributed by atoms with Crippen LogP contribution in [0.3, 0.4) is 0 Å². The molecule has 1 rings (SSSR count). The number of rotatable bonds is 6. The molecule has 0 atom stereocenters. The summed E-state index contributed by atoms with van der Waals surface area (Å²) in [6.45, 7) is 5.50. The van der Waals surface area contributed by atoms with E-state index in [4.69, 9.17) is 9.84 Å². The fourth-order valence-corrected chi connectivity index (χ4v) is 2.07. The minimum atomic E-state index is 0.00304. The summed E-state index contributed by atoms with van der Waals surface area (Å²) in [7, 11) is 1.65. The van der Waals surface area contributed by atoms with Crippen molar-refractivity contribution in [2.45, 2.75) is 39.6 Å². The first-order chi connectivity index (χ1) is 7.17. The number of nitrogens with zero attached hydrogens (tertiary/aromatic N) is 1. The molecule has 1 aromatic heterocycles. The van der Waals surface area contributed by atoms with Gasteiger partial charge in [0, 0.05) is 24.6 Å². The molecule has 0 aliphatic heterocycles. The Hall–Kier alpha value is -0.490. The fraction of sp³-hybridized carbons (Fsp3) is 0.700. The second kappa shape index (κ2) is 6.17. The molecule has 0 bridgehead atoms. The number of thiazole rings is 1. The number of aromatic nitrogens is 1. The van der Waals surface area contributed by atoms with Gasteiger partial charge in [-0.15, -0.1) is 11.3 Å². The molecule has 2 N–H and O–H groups in total. The number of nitrogens with one attached hydrogen (secondary N) is 1. The minimum absolute atomic E-state index is 0.00304. The summed E-state index contributed by atoms with van der Waals surface area (Å²) in [4.78, 5) is 5.45. The van der Waals surface area contributed by atoms with Crippen molar-refractivity contribution in [1.82, 2.24) is 10.3 Å². The molecule has 0 saturated heterocycles. The van der Waals surface area contributed by atoms with E-state index in [1.54, 1.807) is 7.11 Å². The van der Waals surface area contributed by atoms with Gasteiger partial charge in [-0.2, -0.15) is 0 Å². The van der Waals surface area contributed by atoms with Crippen LogP contribution in [0.4, 0.5) is 0 Å². The summed E-state index contributed by atoms with van der Waals surface area (Å²) >= 11 is 1.54. The summed E-state index contributed by atoms with van der Waals surface area (Å²) in [6, 6.07) is 0.445. The zero-order valence-electron chi connectivity index (χ0n) is 9.41. The van der Waals surface area contributed by atoms with E-state index in [1.807, 2.05) is 0 Å². The lowest BCUT2D eigenvalue weighted by atomic mass is 10.3. The van der Waals surface area contributed by atoms with Crippen molar-refractivity contribution in [3.05, 3.63) is 15.6 Å². The van der Waals surface area contributed by atoms with Crippen LogP contribution in [-0.2, 0) is 24.5 Å². The van der Waals surface area contributed by atoms with Crippen LogP contribution in [0.2, 0.25) is 0 Å².